The van der Waals surface area contributed by atoms with Crippen molar-refractivity contribution in [3.63, 3.8) is 0 Å². The third-order valence-corrected chi connectivity index (χ3v) is 11.2. The van der Waals surface area contributed by atoms with Crippen LogP contribution >= 0.6 is 15.9 Å². The number of carbonyl (C=O) groups excluding carboxylic acids is 2. The molecule has 7 unspecified atom stereocenters. The molecule has 8 atom stereocenters. The Morgan fingerprint density at radius 3 is 2.52 bits per heavy atom. The monoisotopic (exact) mass is 703 g/mol. The van der Waals surface area contributed by atoms with E-state index in [1.165, 1.54) is 32.0 Å². The van der Waals surface area contributed by atoms with Gasteiger partial charge in [0.25, 0.3) is 0 Å². The van der Waals surface area contributed by atoms with Crippen molar-refractivity contribution < 1.29 is 29.4 Å². The summed E-state index contributed by atoms with van der Waals surface area (Å²) in [6.07, 6.45) is 11.5. The number of nitrogens with one attached hydrogen (secondary N) is 1. The van der Waals surface area contributed by atoms with Gasteiger partial charge in [-0.05, 0) is 107 Å². The standard InChI is InChI=1S/C30H41BrN2O3.C5H8O3.CH5N/c1-19(34)32-30(4)14-11-25-24-9-8-21-17-23(33-36-15-12-20-6-5-7-22(31)16-20)10-13-28(21,2)27(24)26(35)18-29(25,30)3;1-4(6)3-8-5(2)7;1-2/h5-7,10,13,16-17,19,24-27,32,34-35H,8-9,11-12,14-15,18H2,1-4H3;3H2,1-2H3;2H2,1H3/b33-23+;;/t19?,24?,25?,26?,27?,28?,29?,30-;;/m1../s1. The molecule has 1 aromatic rings. The largest absolute Gasteiger partial charge is 0.458 e. The van der Waals surface area contributed by atoms with Crippen molar-refractivity contribution in [1.82, 2.24) is 5.32 Å². The summed E-state index contributed by atoms with van der Waals surface area (Å²) in [5, 5.41) is 29.7. The lowest BCUT2D eigenvalue weighted by molar-refractivity contribution is -0.145. The van der Waals surface area contributed by atoms with Crippen LogP contribution < -0.4 is 11.1 Å². The Balaban J connectivity index is 0.000000505. The Morgan fingerprint density at radius 2 is 1.91 bits per heavy atom. The van der Waals surface area contributed by atoms with Crippen LogP contribution in [0.2, 0.25) is 0 Å². The number of ketones is 1. The van der Waals surface area contributed by atoms with Crippen LogP contribution in [0.1, 0.15) is 79.2 Å². The second-order valence-electron chi connectivity index (χ2n) is 13.7. The fourth-order valence-corrected chi connectivity index (χ4v) is 8.96. The fourth-order valence-electron chi connectivity index (χ4n) is 8.51. The number of hydrogen-bond acceptors (Lipinski definition) is 9. The lowest BCUT2D eigenvalue weighted by atomic mass is 9.46. The first-order chi connectivity index (χ1) is 21.7. The number of hydrogen-bond donors (Lipinski definition) is 4. The van der Waals surface area contributed by atoms with Gasteiger partial charge in [-0.3, -0.25) is 14.9 Å². The average molecular weight is 705 g/mol. The van der Waals surface area contributed by atoms with Crippen molar-refractivity contribution in [2.24, 2.45) is 39.5 Å². The zero-order chi connectivity index (χ0) is 34.3. The van der Waals surface area contributed by atoms with Gasteiger partial charge < -0.3 is 25.5 Å². The molecule has 0 bridgehead atoms. The number of carbonyl (C=O) groups is 2. The topological polar surface area (TPSA) is 143 Å². The molecule has 0 heterocycles. The number of esters is 1. The molecule has 0 saturated heterocycles. The molecule has 5 rings (SSSR count). The quantitative estimate of drug-likeness (QED) is 0.121. The van der Waals surface area contributed by atoms with Gasteiger partial charge in [0, 0.05) is 34.7 Å². The van der Waals surface area contributed by atoms with Crippen LogP contribution in [0.3, 0.4) is 0 Å². The number of allylic oxidation sites excluding steroid dienone is 4. The van der Waals surface area contributed by atoms with Gasteiger partial charge in [0.2, 0.25) is 0 Å². The molecular formula is C36H54BrN3O6. The normalized spacial score (nSPS) is 33.9. The molecule has 4 aliphatic carbocycles. The number of nitrogens with zero attached hydrogens (tertiary/aromatic N) is 1. The van der Waals surface area contributed by atoms with E-state index in [1.54, 1.807) is 6.92 Å². The van der Waals surface area contributed by atoms with Crippen molar-refractivity contribution in [3.05, 3.63) is 58.1 Å². The molecule has 0 aromatic heterocycles. The number of fused-ring (bicyclic) bond motifs is 5. The van der Waals surface area contributed by atoms with Gasteiger partial charge in [-0.15, -0.1) is 0 Å². The molecule has 4 aliphatic rings. The second kappa shape index (κ2) is 16.2. The molecule has 5 N–H and O–H groups in total. The van der Waals surface area contributed by atoms with Crippen molar-refractivity contribution in [1.29, 1.82) is 0 Å². The van der Waals surface area contributed by atoms with E-state index in [1.807, 2.05) is 12.1 Å². The highest BCUT2D eigenvalue weighted by atomic mass is 79.9. The van der Waals surface area contributed by atoms with Crippen LogP contribution in [0.25, 0.3) is 0 Å². The highest BCUT2D eigenvalue weighted by molar-refractivity contribution is 9.10. The van der Waals surface area contributed by atoms with E-state index in [9.17, 15) is 19.8 Å². The predicted octanol–water partition coefficient (Wildman–Crippen LogP) is 5.47. The van der Waals surface area contributed by atoms with E-state index in [4.69, 9.17) is 4.84 Å². The number of halogens is 1. The lowest BCUT2D eigenvalue weighted by Gasteiger charge is -2.60. The van der Waals surface area contributed by atoms with Crippen molar-refractivity contribution in [3.8, 4) is 0 Å². The molecule has 9 nitrogen and oxygen atoms in total. The maximum Gasteiger partial charge on any atom is 0.303 e. The summed E-state index contributed by atoms with van der Waals surface area (Å²) < 4.78 is 5.39. The molecule has 0 aliphatic heterocycles. The van der Waals surface area contributed by atoms with Crippen LogP contribution in [0.15, 0.2) is 57.7 Å². The van der Waals surface area contributed by atoms with Crippen molar-refractivity contribution >= 4 is 33.4 Å². The minimum absolute atomic E-state index is 0.0324. The Kier molecular flexibility index (Phi) is 13.4. The molecule has 10 heteroatoms. The number of Topliss-reactive ketones (excluding diaryl/α,β-unsaturated/α-hetero) is 1. The van der Waals surface area contributed by atoms with Crippen LogP contribution in [0.5, 0.6) is 0 Å². The van der Waals surface area contributed by atoms with E-state index in [0.29, 0.717) is 18.4 Å². The first-order valence-corrected chi connectivity index (χ1v) is 17.2. The first-order valence-electron chi connectivity index (χ1n) is 16.4. The van der Waals surface area contributed by atoms with Crippen LogP contribution in [-0.2, 0) is 25.6 Å². The smallest absolute Gasteiger partial charge is 0.303 e. The Bertz CT molecular complexity index is 1300. The first kappa shape index (κ1) is 38.1. The third-order valence-electron chi connectivity index (χ3n) is 10.7. The number of aliphatic hydroxyl groups is 2. The number of aliphatic hydroxyl groups excluding tert-OH is 2. The molecule has 256 valence electrons. The highest BCUT2D eigenvalue weighted by Gasteiger charge is 2.65. The number of rotatable bonds is 8. The molecule has 0 radical (unpaired) electrons. The summed E-state index contributed by atoms with van der Waals surface area (Å²) >= 11 is 3.52. The number of ether oxygens (including phenoxy) is 1. The molecule has 0 amide bonds. The number of nitrogens with two attached hydrogens (primary N) is 1. The van der Waals surface area contributed by atoms with Gasteiger partial charge in [0.15, 0.2) is 5.78 Å². The van der Waals surface area contributed by atoms with Gasteiger partial charge >= 0.3 is 5.97 Å². The molecule has 3 fully saturated rings. The number of benzene rings is 1. The van der Waals surface area contributed by atoms with E-state index >= 15 is 0 Å². The molecule has 3 saturated carbocycles. The minimum atomic E-state index is -0.547. The van der Waals surface area contributed by atoms with Gasteiger partial charge in [0.1, 0.15) is 25.2 Å². The highest BCUT2D eigenvalue weighted by Crippen LogP contribution is 2.66. The summed E-state index contributed by atoms with van der Waals surface area (Å²) in [6.45, 7) is 11.8. The fraction of sp³-hybridized carbons (Fsp3) is 0.639. The Hall–Kier alpha value is -2.37. The van der Waals surface area contributed by atoms with Crippen LogP contribution in [0.4, 0.5) is 0 Å². The summed E-state index contributed by atoms with van der Waals surface area (Å²) in [5.74, 6) is 0.675. The van der Waals surface area contributed by atoms with Crippen molar-refractivity contribution in [2.75, 3.05) is 20.3 Å². The summed E-state index contributed by atoms with van der Waals surface area (Å²) in [4.78, 5) is 25.7. The van der Waals surface area contributed by atoms with Gasteiger partial charge in [0.05, 0.1) is 6.10 Å². The second-order valence-corrected chi connectivity index (χ2v) is 14.6. The Labute approximate surface area is 283 Å². The third kappa shape index (κ3) is 8.55. The zero-order valence-electron chi connectivity index (χ0n) is 28.5. The lowest BCUT2D eigenvalue weighted by Crippen LogP contribution is -2.63. The average Bonchev–Trinajstić information content (AvgIpc) is 3.24. The molecule has 46 heavy (non-hydrogen) atoms. The van der Waals surface area contributed by atoms with E-state index in [-0.39, 0.29) is 40.8 Å². The van der Waals surface area contributed by atoms with Gasteiger partial charge in [-0.2, -0.15) is 0 Å². The summed E-state index contributed by atoms with van der Waals surface area (Å²) in [5.41, 5.74) is 7.60. The zero-order valence-corrected chi connectivity index (χ0v) is 30.1. The van der Waals surface area contributed by atoms with E-state index in [2.05, 4.69) is 88.0 Å². The molecule has 0 spiro atoms. The summed E-state index contributed by atoms with van der Waals surface area (Å²) in [6, 6.07) is 8.27. The SMILES string of the molecule is CC(=O)COC(C)=O.CC(O)N[C@]1(C)CCC2C3CCC4=C/C(=N/OCCc5cccc(Br)c5)C=CC4(C)C3C(O)CC21C.CN. The maximum atomic E-state index is 11.6. The predicted molar refractivity (Wildman–Crippen MR) is 185 cm³/mol. The Morgan fingerprint density at radius 1 is 1.20 bits per heavy atom. The van der Waals surface area contributed by atoms with Gasteiger partial charge in [-0.25, -0.2) is 0 Å². The van der Waals surface area contributed by atoms with E-state index in [0.717, 1.165) is 48.7 Å². The molecular weight excluding hydrogens is 650 g/mol. The minimum Gasteiger partial charge on any atom is -0.458 e. The molecule has 1 aromatic carbocycles. The van der Waals surface area contributed by atoms with Crippen molar-refractivity contribution in [2.45, 2.75) is 97.9 Å². The maximum absolute atomic E-state index is 11.6. The van der Waals surface area contributed by atoms with Crippen LogP contribution in [-0.4, -0.2) is 65.8 Å². The van der Waals surface area contributed by atoms with E-state index < -0.39 is 12.2 Å². The number of oxime groups is 1. The summed E-state index contributed by atoms with van der Waals surface area (Å²) in [7, 11) is 1.50. The van der Waals surface area contributed by atoms with Crippen LogP contribution in [0, 0.1) is 28.6 Å². The van der Waals surface area contributed by atoms with Gasteiger partial charge in [-0.1, -0.05) is 58.7 Å².